The Kier molecular flexibility index (Phi) is 2.64. The second kappa shape index (κ2) is 3.72. The minimum Gasteiger partial charge on any atom is -0.365 e. The van der Waals surface area contributed by atoms with Gasteiger partial charge in [-0.15, -0.1) is 0 Å². The van der Waals surface area contributed by atoms with Crippen molar-refractivity contribution in [2.45, 2.75) is 25.7 Å². The van der Waals surface area contributed by atoms with E-state index in [2.05, 4.69) is 16.2 Å². The Morgan fingerprint density at radius 1 is 1.75 bits per heavy atom. The van der Waals surface area contributed by atoms with Crippen molar-refractivity contribution in [3.63, 3.8) is 0 Å². The Labute approximate surface area is 70.2 Å². The van der Waals surface area contributed by atoms with E-state index in [0.29, 0.717) is 12.3 Å². The molecule has 0 aliphatic heterocycles. The van der Waals surface area contributed by atoms with Crippen LogP contribution < -0.4 is 5.73 Å². The smallest absolute Gasteiger partial charge is 0.260 e. The summed E-state index contributed by atoms with van der Waals surface area (Å²) in [6, 6.07) is 2.05. The molecular formula is C7H10N4O. The van der Waals surface area contributed by atoms with Gasteiger partial charge >= 0.3 is 0 Å². The van der Waals surface area contributed by atoms with Crippen LogP contribution in [0, 0.1) is 11.3 Å². The molecule has 0 bridgehead atoms. The van der Waals surface area contributed by atoms with Gasteiger partial charge in [0.05, 0.1) is 6.07 Å². The zero-order chi connectivity index (χ0) is 8.97. The number of hydrogen-bond acceptors (Lipinski definition) is 5. The van der Waals surface area contributed by atoms with Gasteiger partial charge in [-0.1, -0.05) is 6.92 Å². The van der Waals surface area contributed by atoms with Crippen molar-refractivity contribution in [1.82, 2.24) is 10.1 Å². The molecule has 0 aromatic carbocycles. The summed E-state index contributed by atoms with van der Waals surface area (Å²) >= 11 is 0. The van der Waals surface area contributed by atoms with Crippen LogP contribution in [0.15, 0.2) is 4.52 Å². The first-order valence-electron chi connectivity index (χ1n) is 3.70. The molecule has 1 aromatic rings. The van der Waals surface area contributed by atoms with Crippen molar-refractivity contribution in [2.75, 3.05) is 5.73 Å². The minimum atomic E-state index is 0.106. The molecule has 0 saturated carbocycles. The highest BCUT2D eigenvalue weighted by atomic mass is 16.5. The summed E-state index contributed by atoms with van der Waals surface area (Å²) in [7, 11) is 0. The van der Waals surface area contributed by atoms with Gasteiger partial charge in [-0.2, -0.15) is 10.2 Å². The van der Waals surface area contributed by atoms with Gasteiger partial charge in [0.15, 0.2) is 0 Å². The van der Waals surface area contributed by atoms with Crippen LogP contribution in [0.2, 0.25) is 0 Å². The summed E-state index contributed by atoms with van der Waals surface area (Å²) in [5, 5.41) is 11.8. The number of nitriles is 1. The van der Waals surface area contributed by atoms with E-state index >= 15 is 0 Å². The lowest BCUT2D eigenvalue weighted by molar-refractivity contribution is 0.355. The van der Waals surface area contributed by atoms with Crippen molar-refractivity contribution in [3.05, 3.63) is 5.89 Å². The highest BCUT2D eigenvalue weighted by Gasteiger charge is 2.12. The van der Waals surface area contributed by atoms with Crippen LogP contribution in [0.1, 0.15) is 31.6 Å². The lowest BCUT2D eigenvalue weighted by Crippen LogP contribution is -1.94. The van der Waals surface area contributed by atoms with Gasteiger partial charge < -0.3 is 10.3 Å². The number of anilines is 1. The summed E-state index contributed by atoms with van der Waals surface area (Å²) in [5.74, 6) is 0.756. The molecule has 1 heterocycles. The summed E-state index contributed by atoms with van der Waals surface area (Å²) in [4.78, 5) is 3.85. The van der Waals surface area contributed by atoms with E-state index in [1.807, 2.05) is 6.92 Å². The van der Waals surface area contributed by atoms with Crippen LogP contribution in [0.4, 0.5) is 5.95 Å². The Balaban J connectivity index is 2.54. The molecule has 1 rings (SSSR count). The van der Waals surface area contributed by atoms with Gasteiger partial charge in [0, 0.05) is 12.3 Å². The van der Waals surface area contributed by atoms with Crippen LogP contribution in [-0.2, 0) is 0 Å². The first kappa shape index (κ1) is 8.53. The SMILES string of the molecule is CC(CCC#N)c1nc(N)no1. The molecule has 12 heavy (non-hydrogen) atoms. The monoisotopic (exact) mass is 166 g/mol. The third-order valence-corrected chi connectivity index (χ3v) is 1.57. The van der Waals surface area contributed by atoms with Gasteiger partial charge in [-0.25, -0.2) is 0 Å². The molecular weight excluding hydrogens is 156 g/mol. The number of rotatable bonds is 3. The van der Waals surface area contributed by atoms with Crippen LogP contribution in [-0.4, -0.2) is 10.1 Å². The Hall–Kier alpha value is -1.57. The van der Waals surface area contributed by atoms with Crippen molar-refractivity contribution in [3.8, 4) is 6.07 Å². The molecule has 2 N–H and O–H groups in total. The largest absolute Gasteiger partial charge is 0.365 e. The molecule has 64 valence electrons. The van der Waals surface area contributed by atoms with Crippen LogP contribution >= 0.6 is 0 Å². The normalized spacial score (nSPS) is 12.3. The van der Waals surface area contributed by atoms with Crippen LogP contribution in [0.3, 0.4) is 0 Å². The second-order valence-electron chi connectivity index (χ2n) is 2.59. The molecule has 0 fully saturated rings. The average Bonchev–Trinajstić information content (AvgIpc) is 2.47. The van der Waals surface area contributed by atoms with Crippen molar-refractivity contribution < 1.29 is 4.52 Å². The van der Waals surface area contributed by atoms with Crippen molar-refractivity contribution in [2.24, 2.45) is 0 Å². The third-order valence-electron chi connectivity index (χ3n) is 1.57. The molecule has 0 aliphatic rings. The van der Waals surface area contributed by atoms with Gasteiger partial charge in [0.2, 0.25) is 5.89 Å². The molecule has 5 heteroatoms. The fourth-order valence-corrected chi connectivity index (χ4v) is 0.852. The summed E-state index contributed by atoms with van der Waals surface area (Å²) in [6.07, 6.45) is 1.21. The van der Waals surface area contributed by atoms with Gasteiger partial charge in [0.25, 0.3) is 5.95 Å². The van der Waals surface area contributed by atoms with Crippen LogP contribution in [0.25, 0.3) is 0 Å². The molecule has 0 spiro atoms. The summed E-state index contributed by atoms with van der Waals surface area (Å²) in [6.45, 7) is 1.92. The lowest BCUT2D eigenvalue weighted by Gasteiger charge is -2.00. The number of nitrogens with two attached hydrogens (primary N) is 1. The highest BCUT2D eigenvalue weighted by molar-refractivity contribution is 5.11. The van der Waals surface area contributed by atoms with Gasteiger partial charge in [-0.05, 0) is 11.6 Å². The third kappa shape index (κ3) is 1.95. The van der Waals surface area contributed by atoms with Gasteiger partial charge in [-0.3, -0.25) is 0 Å². The fourth-order valence-electron chi connectivity index (χ4n) is 0.852. The van der Waals surface area contributed by atoms with Crippen LogP contribution in [0.5, 0.6) is 0 Å². The van der Waals surface area contributed by atoms with E-state index < -0.39 is 0 Å². The van der Waals surface area contributed by atoms with E-state index in [-0.39, 0.29) is 11.9 Å². The molecule has 0 aliphatic carbocycles. The Morgan fingerprint density at radius 2 is 2.50 bits per heavy atom. The molecule has 5 nitrogen and oxygen atoms in total. The zero-order valence-electron chi connectivity index (χ0n) is 6.82. The van der Waals surface area contributed by atoms with E-state index in [1.165, 1.54) is 0 Å². The van der Waals surface area contributed by atoms with Gasteiger partial charge in [0.1, 0.15) is 0 Å². The maximum absolute atomic E-state index is 8.33. The molecule has 1 unspecified atom stereocenters. The van der Waals surface area contributed by atoms with E-state index in [1.54, 1.807) is 0 Å². The average molecular weight is 166 g/mol. The predicted molar refractivity (Wildman–Crippen MR) is 42.0 cm³/mol. The zero-order valence-corrected chi connectivity index (χ0v) is 6.82. The Morgan fingerprint density at radius 3 is 3.00 bits per heavy atom. The number of nitrogen functional groups attached to an aromatic ring is 1. The highest BCUT2D eigenvalue weighted by Crippen LogP contribution is 2.18. The number of hydrogen-bond donors (Lipinski definition) is 1. The predicted octanol–water partition coefficient (Wildman–Crippen LogP) is 1.06. The molecule has 1 atom stereocenters. The van der Waals surface area contributed by atoms with E-state index in [9.17, 15) is 0 Å². The van der Waals surface area contributed by atoms with Crippen molar-refractivity contribution in [1.29, 1.82) is 5.26 Å². The first-order chi connectivity index (χ1) is 5.74. The van der Waals surface area contributed by atoms with E-state index in [0.717, 1.165) is 6.42 Å². The Bertz CT molecular complexity index is 288. The summed E-state index contributed by atoms with van der Waals surface area (Å²) in [5.41, 5.74) is 5.26. The quantitative estimate of drug-likeness (QED) is 0.725. The molecule has 1 aromatic heterocycles. The number of nitrogens with zero attached hydrogens (tertiary/aromatic N) is 3. The first-order valence-corrected chi connectivity index (χ1v) is 3.70. The molecule has 0 radical (unpaired) electrons. The molecule has 0 saturated heterocycles. The maximum Gasteiger partial charge on any atom is 0.260 e. The minimum absolute atomic E-state index is 0.106. The standard InChI is InChI=1S/C7H10N4O/c1-5(3-2-4-8)6-10-7(9)11-12-6/h5H,2-3H2,1H3,(H2,9,11). The second-order valence-corrected chi connectivity index (χ2v) is 2.59. The summed E-state index contributed by atoms with van der Waals surface area (Å²) < 4.78 is 4.83. The lowest BCUT2D eigenvalue weighted by atomic mass is 10.1. The van der Waals surface area contributed by atoms with E-state index in [4.69, 9.17) is 15.5 Å². The topological polar surface area (TPSA) is 88.7 Å². The van der Waals surface area contributed by atoms with Crippen molar-refractivity contribution >= 4 is 5.95 Å². The maximum atomic E-state index is 8.33. The molecule has 0 amide bonds. The fraction of sp³-hybridized carbons (Fsp3) is 0.571. The number of aromatic nitrogens is 2.